The van der Waals surface area contributed by atoms with Crippen molar-refractivity contribution in [3.05, 3.63) is 81.4 Å². The Balaban J connectivity index is 1.65. The van der Waals surface area contributed by atoms with Crippen molar-refractivity contribution in [2.75, 3.05) is 13.1 Å². The number of rotatable bonds is 7. The second-order valence-corrected chi connectivity index (χ2v) is 7.00. The van der Waals surface area contributed by atoms with E-state index in [4.69, 9.17) is 4.74 Å². The van der Waals surface area contributed by atoms with Crippen LogP contribution in [-0.2, 0) is 20.9 Å². The lowest BCUT2D eigenvalue weighted by Gasteiger charge is -2.16. The van der Waals surface area contributed by atoms with Crippen molar-refractivity contribution < 1.29 is 19.2 Å². The number of carbonyl (C=O) groups excluding carboxylic acids is 2. The molecule has 150 valence electrons. The van der Waals surface area contributed by atoms with E-state index in [2.05, 4.69) is 17.0 Å². The van der Waals surface area contributed by atoms with Gasteiger partial charge < -0.3 is 4.74 Å². The monoisotopic (exact) mass is 394 g/mol. The zero-order valence-corrected chi connectivity index (χ0v) is 16.1. The van der Waals surface area contributed by atoms with E-state index in [1.807, 2.05) is 18.2 Å². The highest BCUT2D eigenvalue weighted by atomic mass is 16.6. The third-order valence-electron chi connectivity index (χ3n) is 4.74. The summed E-state index contributed by atoms with van der Waals surface area (Å²) in [7, 11) is 0. The smallest absolute Gasteiger partial charge is 0.342 e. The van der Waals surface area contributed by atoms with Crippen LogP contribution in [0.2, 0.25) is 0 Å². The summed E-state index contributed by atoms with van der Waals surface area (Å²) >= 11 is 0. The highest BCUT2D eigenvalue weighted by Gasteiger charge is 2.28. The summed E-state index contributed by atoms with van der Waals surface area (Å²) in [6, 6.07) is 15.8. The summed E-state index contributed by atoms with van der Waals surface area (Å²) in [6.07, 6.45) is 1.74. The van der Waals surface area contributed by atoms with Crippen LogP contribution in [0.3, 0.4) is 0 Å². The molecule has 0 bridgehead atoms. The number of benzene rings is 2. The number of carbonyl (C=O) groups is 2. The number of ketones is 1. The molecule has 3 rings (SSSR count). The molecule has 1 unspecified atom stereocenters. The first-order chi connectivity index (χ1) is 13.9. The summed E-state index contributed by atoms with van der Waals surface area (Å²) in [6.45, 7) is 3.46. The molecule has 0 N–H and O–H groups in total. The van der Waals surface area contributed by atoms with E-state index in [1.54, 1.807) is 6.07 Å². The Kier molecular flexibility index (Phi) is 6.51. The van der Waals surface area contributed by atoms with Gasteiger partial charge in [-0.15, -0.1) is 0 Å². The van der Waals surface area contributed by atoms with Gasteiger partial charge in [-0.1, -0.05) is 42.5 Å². The Morgan fingerprint density at radius 1 is 1.21 bits per heavy atom. The molecule has 7 heteroatoms. The third kappa shape index (κ3) is 5.58. The lowest BCUT2D eigenvalue weighted by atomic mass is 10.1. The third-order valence-corrected chi connectivity index (χ3v) is 4.74. The van der Waals surface area contributed by atoms with E-state index in [0.717, 1.165) is 13.1 Å². The summed E-state index contributed by atoms with van der Waals surface area (Å²) < 4.78 is 5.55. The molecule has 1 saturated heterocycles. The first-order valence-corrected chi connectivity index (χ1v) is 9.36. The zero-order valence-electron chi connectivity index (χ0n) is 16.1. The number of hydrogen-bond acceptors (Lipinski definition) is 6. The Hall–Kier alpha value is -3.32. The molecular formula is C22H22N2O5. The van der Waals surface area contributed by atoms with Gasteiger partial charge in [0, 0.05) is 31.8 Å². The SMILES string of the molecule is CC(=O)/C(=C\c1cccc([N+](=O)[O-])c1)C(=O)OC1CCN(Cc2ccccc2)C1. The maximum Gasteiger partial charge on any atom is 0.342 e. The molecule has 1 fully saturated rings. The minimum Gasteiger partial charge on any atom is -0.457 e. The van der Waals surface area contributed by atoms with Gasteiger partial charge in [-0.2, -0.15) is 0 Å². The Labute approximate surface area is 168 Å². The first-order valence-electron chi connectivity index (χ1n) is 9.36. The summed E-state index contributed by atoms with van der Waals surface area (Å²) in [5.41, 5.74) is 1.36. The van der Waals surface area contributed by atoms with Gasteiger partial charge >= 0.3 is 5.97 Å². The van der Waals surface area contributed by atoms with Crippen molar-refractivity contribution >= 4 is 23.5 Å². The molecule has 0 spiro atoms. The van der Waals surface area contributed by atoms with Gasteiger partial charge in [-0.25, -0.2) is 4.79 Å². The lowest BCUT2D eigenvalue weighted by molar-refractivity contribution is -0.384. The van der Waals surface area contributed by atoms with E-state index < -0.39 is 16.7 Å². The number of nitro benzene ring substituents is 1. The molecule has 2 aromatic carbocycles. The topological polar surface area (TPSA) is 89.8 Å². The van der Waals surface area contributed by atoms with E-state index >= 15 is 0 Å². The van der Waals surface area contributed by atoms with E-state index in [-0.39, 0.29) is 17.4 Å². The maximum atomic E-state index is 12.6. The predicted octanol–water partition coefficient (Wildman–Crippen LogP) is 3.38. The van der Waals surface area contributed by atoms with Crippen LogP contribution in [0.4, 0.5) is 5.69 Å². The zero-order chi connectivity index (χ0) is 20.8. The Morgan fingerprint density at radius 3 is 2.66 bits per heavy atom. The second-order valence-electron chi connectivity index (χ2n) is 7.00. The summed E-state index contributed by atoms with van der Waals surface area (Å²) in [4.78, 5) is 37.1. The molecule has 0 radical (unpaired) electrons. The molecule has 1 atom stereocenters. The molecule has 0 amide bonds. The van der Waals surface area contributed by atoms with Gasteiger partial charge in [0.15, 0.2) is 5.78 Å². The van der Waals surface area contributed by atoms with Gasteiger partial charge in [0.2, 0.25) is 0 Å². The molecule has 0 aromatic heterocycles. The predicted molar refractivity (Wildman–Crippen MR) is 108 cm³/mol. The molecule has 7 nitrogen and oxygen atoms in total. The number of non-ortho nitro benzene ring substituents is 1. The minimum atomic E-state index is -0.699. The number of Topliss-reactive ketones (excluding diaryl/α,β-unsaturated/α-hetero) is 1. The summed E-state index contributed by atoms with van der Waals surface area (Å²) in [5.74, 6) is -1.14. The van der Waals surface area contributed by atoms with Crippen molar-refractivity contribution in [1.82, 2.24) is 4.90 Å². The number of nitrogens with zero attached hydrogens (tertiary/aromatic N) is 2. The Morgan fingerprint density at radius 2 is 1.97 bits per heavy atom. The van der Waals surface area contributed by atoms with Crippen molar-refractivity contribution in [2.45, 2.75) is 26.0 Å². The fourth-order valence-corrected chi connectivity index (χ4v) is 3.29. The van der Waals surface area contributed by atoms with Gasteiger partial charge in [0.25, 0.3) is 5.69 Å². The van der Waals surface area contributed by atoms with Crippen LogP contribution in [0, 0.1) is 10.1 Å². The number of hydrogen-bond donors (Lipinski definition) is 0. The lowest BCUT2D eigenvalue weighted by Crippen LogP contribution is -2.26. The highest BCUT2D eigenvalue weighted by molar-refractivity contribution is 6.19. The van der Waals surface area contributed by atoms with Crippen LogP contribution in [0.5, 0.6) is 0 Å². The van der Waals surface area contributed by atoms with Crippen LogP contribution in [-0.4, -0.2) is 40.8 Å². The van der Waals surface area contributed by atoms with Crippen molar-refractivity contribution in [3.63, 3.8) is 0 Å². The molecule has 0 saturated carbocycles. The molecule has 1 aliphatic heterocycles. The highest BCUT2D eigenvalue weighted by Crippen LogP contribution is 2.20. The van der Waals surface area contributed by atoms with Gasteiger partial charge in [0.05, 0.1) is 4.92 Å². The normalized spacial score (nSPS) is 17.1. The molecule has 2 aromatic rings. The van der Waals surface area contributed by atoms with Gasteiger partial charge in [-0.05, 0) is 30.5 Å². The average Bonchev–Trinajstić information content (AvgIpc) is 3.13. The molecule has 1 heterocycles. The molecule has 0 aliphatic carbocycles. The molecule has 1 aliphatic rings. The number of esters is 1. The molecular weight excluding hydrogens is 372 g/mol. The largest absolute Gasteiger partial charge is 0.457 e. The molecule has 29 heavy (non-hydrogen) atoms. The van der Waals surface area contributed by atoms with E-state index in [1.165, 1.54) is 36.8 Å². The fourth-order valence-electron chi connectivity index (χ4n) is 3.29. The number of likely N-dealkylation sites (tertiary alicyclic amines) is 1. The quantitative estimate of drug-likeness (QED) is 0.179. The van der Waals surface area contributed by atoms with Crippen molar-refractivity contribution in [3.8, 4) is 0 Å². The van der Waals surface area contributed by atoms with Gasteiger partial charge in [-0.3, -0.25) is 19.8 Å². The van der Waals surface area contributed by atoms with Crippen molar-refractivity contribution in [2.24, 2.45) is 0 Å². The van der Waals surface area contributed by atoms with E-state index in [9.17, 15) is 19.7 Å². The number of ether oxygens (including phenoxy) is 1. The second kappa shape index (κ2) is 9.25. The summed E-state index contributed by atoms with van der Waals surface area (Å²) in [5, 5.41) is 10.9. The Bertz CT molecular complexity index is 939. The van der Waals surface area contributed by atoms with Crippen molar-refractivity contribution in [1.29, 1.82) is 0 Å². The average molecular weight is 394 g/mol. The first kappa shape index (κ1) is 20.4. The minimum absolute atomic E-state index is 0.109. The van der Waals surface area contributed by atoms with E-state index in [0.29, 0.717) is 18.5 Å². The van der Waals surface area contributed by atoms with Crippen LogP contribution in [0.15, 0.2) is 60.2 Å². The van der Waals surface area contributed by atoms with Crippen LogP contribution < -0.4 is 0 Å². The fraction of sp³-hybridized carbons (Fsp3) is 0.273. The van der Waals surface area contributed by atoms with Crippen LogP contribution >= 0.6 is 0 Å². The van der Waals surface area contributed by atoms with Crippen LogP contribution in [0.1, 0.15) is 24.5 Å². The van der Waals surface area contributed by atoms with Crippen LogP contribution in [0.25, 0.3) is 6.08 Å². The van der Waals surface area contributed by atoms with Gasteiger partial charge in [0.1, 0.15) is 11.7 Å². The standard InChI is InChI=1S/C22H22N2O5/c1-16(25)21(13-18-8-5-9-19(12-18)24(27)28)22(26)29-20-10-11-23(15-20)14-17-6-3-2-4-7-17/h2-9,12-13,20H,10-11,14-15H2,1H3/b21-13+. The number of nitro groups is 1. The maximum absolute atomic E-state index is 12.6.